The van der Waals surface area contributed by atoms with E-state index in [2.05, 4.69) is 10.6 Å². The molecule has 2 N–H and O–H groups in total. The lowest BCUT2D eigenvalue weighted by Crippen LogP contribution is -2.41. The van der Waals surface area contributed by atoms with Gasteiger partial charge in [-0.25, -0.2) is 0 Å². The number of nitrogens with one attached hydrogen (secondary N) is 2. The summed E-state index contributed by atoms with van der Waals surface area (Å²) in [5, 5.41) is 5.91. The van der Waals surface area contributed by atoms with E-state index in [0.717, 1.165) is 5.76 Å². The Kier molecular flexibility index (Phi) is 5.72. The molecule has 96 valence electrons. The van der Waals surface area contributed by atoms with Gasteiger partial charge >= 0.3 is 0 Å². The van der Waals surface area contributed by atoms with Gasteiger partial charge in [-0.1, -0.05) is 0 Å². The van der Waals surface area contributed by atoms with Crippen LogP contribution in [0.3, 0.4) is 0 Å². The zero-order chi connectivity index (χ0) is 12.7. The van der Waals surface area contributed by atoms with Crippen molar-refractivity contribution in [1.29, 1.82) is 0 Å². The highest BCUT2D eigenvalue weighted by molar-refractivity contribution is 5.78. The van der Waals surface area contributed by atoms with Gasteiger partial charge in [0.05, 0.1) is 25.5 Å². The molecule has 1 unspecified atom stereocenters. The summed E-state index contributed by atoms with van der Waals surface area (Å²) in [5.74, 6) is 0.774. The molecule has 1 rings (SSSR count). The molecule has 0 radical (unpaired) electrons. The molecule has 2 atom stereocenters. The van der Waals surface area contributed by atoms with Crippen LogP contribution in [0.25, 0.3) is 0 Å². The van der Waals surface area contributed by atoms with E-state index in [9.17, 15) is 4.79 Å². The molecule has 0 fully saturated rings. The molecule has 0 saturated heterocycles. The van der Waals surface area contributed by atoms with Crippen molar-refractivity contribution in [3.05, 3.63) is 24.2 Å². The first-order valence-electron chi connectivity index (χ1n) is 5.68. The standard InChI is InChI=1S/C12H20N2O3/c1-9(8-16-3)14-12(15)7-13-10(2)11-5-4-6-17-11/h4-6,9-10,13H,7-8H2,1-3H3,(H,14,15)/t9?,10-/m1/s1. The van der Waals surface area contributed by atoms with Crippen molar-refractivity contribution in [2.45, 2.75) is 25.9 Å². The number of ether oxygens (including phenoxy) is 1. The highest BCUT2D eigenvalue weighted by Gasteiger charge is 2.11. The Morgan fingerprint density at radius 3 is 2.88 bits per heavy atom. The number of carbonyl (C=O) groups is 1. The topological polar surface area (TPSA) is 63.5 Å². The fraction of sp³-hybridized carbons (Fsp3) is 0.583. The minimum atomic E-state index is -0.0482. The molecule has 5 heteroatoms. The molecule has 0 aliphatic rings. The van der Waals surface area contributed by atoms with Crippen molar-refractivity contribution in [2.75, 3.05) is 20.3 Å². The van der Waals surface area contributed by atoms with Crippen LogP contribution in [0.1, 0.15) is 25.6 Å². The Labute approximate surface area is 102 Å². The number of hydrogen-bond donors (Lipinski definition) is 2. The van der Waals surface area contributed by atoms with E-state index in [4.69, 9.17) is 9.15 Å². The van der Waals surface area contributed by atoms with Crippen molar-refractivity contribution >= 4 is 5.91 Å². The summed E-state index contributed by atoms with van der Waals surface area (Å²) in [5.41, 5.74) is 0. The van der Waals surface area contributed by atoms with Crippen LogP contribution in [0.2, 0.25) is 0 Å². The molecule has 5 nitrogen and oxygen atoms in total. The molecule has 0 saturated carbocycles. The predicted molar refractivity (Wildman–Crippen MR) is 64.6 cm³/mol. The number of hydrogen-bond acceptors (Lipinski definition) is 4. The minimum absolute atomic E-state index is 0.0215. The number of amides is 1. The van der Waals surface area contributed by atoms with Crippen molar-refractivity contribution in [1.82, 2.24) is 10.6 Å². The summed E-state index contributed by atoms with van der Waals surface area (Å²) < 4.78 is 10.2. The highest BCUT2D eigenvalue weighted by Crippen LogP contribution is 2.11. The molecule has 0 bridgehead atoms. The third kappa shape index (κ3) is 5.01. The van der Waals surface area contributed by atoms with Gasteiger partial charge in [-0.15, -0.1) is 0 Å². The van der Waals surface area contributed by atoms with Gasteiger partial charge in [0.2, 0.25) is 5.91 Å². The van der Waals surface area contributed by atoms with Crippen LogP contribution < -0.4 is 10.6 Å². The Hall–Kier alpha value is -1.33. The van der Waals surface area contributed by atoms with Crippen molar-refractivity contribution in [3.63, 3.8) is 0 Å². The number of carbonyl (C=O) groups excluding carboxylic acids is 1. The Morgan fingerprint density at radius 2 is 2.29 bits per heavy atom. The zero-order valence-electron chi connectivity index (χ0n) is 10.5. The van der Waals surface area contributed by atoms with E-state index in [-0.39, 0.29) is 24.5 Å². The molecule has 0 aliphatic heterocycles. The maximum atomic E-state index is 11.5. The summed E-state index contributed by atoms with van der Waals surface area (Å²) in [4.78, 5) is 11.5. The molecule has 0 aromatic carbocycles. The molecule has 0 aliphatic carbocycles. The average Bonchev–Trinajstić information content (AvgIpc) is 2.79. The van der Waals surface area contributed by atoms with Crippen LogP contribution in [0.5, 0.6) is 0 Å². The van der Waals surface area contributed by atoms with Gasteiger partial charge in [0, 0.05) is 13.2 Å². The summed E-state index contributed by atoms with van der Waals surface area (Å²) in [6, 6.07) is 3.75. The van der Waals surface area contributed by atoms with Crippen molar-refractivity contribution in [2.24, 2.45) is 0 Å². The molecule has 1 aromatic heterocycles. The monoisotopic (exact) mass is 240 g/mol. The lowest BCUT2D eigenvalue weighted by molar-refractivity contribution is -0.121. The third-order valence-corrected chi connectivity index (χ3v) is 2.36. The Bertz CT molecular complexity index is 325. The zero-order valence-corrected chi connectivity index (χ0v) is 10.5. The van der Waals surface area contributed by atoms with Crippen LogP contribution in [-0.2, 0) is 9.53 Å². The largest absolute Gasteiger partial charge is 0.468 e. The van der Waals surface area contributed by atoms with E-state index >= 15 is 0 Å². The maximum absolute atomic E-state index is 11.5. The second-order valence-electron chi connectivity index (χ2n) is 4.04. The van der Waals surface area contributed by atoms with Gasteiger partial charge < -0.3 is 14.5 Å². The average molecular weight is 240 g/mol. The Morgan fingerprint density at radius 1 is 1.53 bits per heavy atom. The minimum Gasteiger partial charge on any atom is -0.468 e. The first-order valence-corrected chi connectivity index (χ1v) is 5.68. The van der Waals surface area contributed by atoms with E-state index < -0.39 is 0 Å². The molecule has 17 heavy (non-hydrogen) atoms. The molecular formula is C12H20N2O3. The third-order valence-electron chi connectivity index (χ3n) is 2.36. The maximum Gasteiger partial charge on any atom is 0.234 e. The highest BCUT2D eigenvalue weighted by atomic mass is 16.5. The summed E-state index contributed by atoms with van der Waals surface area (Å²) >= 11 is 0. The number of rotatable bonds is 7. The quantitative estimate of drug-likeness (QED) is 0.748. The second kappa shape index (κ2) is 7.09. The van der Waals surface area contributed by atoms with Gasteiger partial charge in [0.25, 0.3) is 0 Å². The van der Waals surface area contributed by atoms with E-state index in [1.165, 1.54) is 0 Å². The fourth-order valence-electron chi connectivity index (χ4n) is 1.50. The first-order chi connectivity index (χ1) is 8.13. The van der Waals surface area contributed by atoms with Crippen LogP contribution in [0, 0.1) is 0 Å². The second-order valence-corrected chi connectivity index (χ2v) is 4.04. The number of furan rings is 1. The molecule has 1 aromatic rings. The van der Waals surface area contributed by atoms with Gasteiger partial charge in [0.15, 0.2) is 0 Å². The van der Waals surface area contributed by atoms with Crippen LogP contribution in [0.4, 0.5) is 0 Å². The van der Waals surface area contributed by atoms with E-state index in [1.807, 2.05) is 26.0 Å². The molecule has 0 spiro atoms. The van der Waals surface area contributed by atoms with Crippen molar-refractivity contribution in [3.8, 4) is 0 Å². The summed E-state index contributed by atoms with van der Waals surface area (Å²) in [7, 11) is 1.61. The Balaban J connectivity index is 2.24. The van der Waals surface area contributed by atoms with Crippen LogP contribution >= 0.6 is 0 Å². The molecular weight excluding hydrogens is 220 g/mol. The smallest absolute Gasteiger partial charge is 0.234 e. The fourth-order valence-corrected chi connectivity index (χ4v) is 1.50. The molecule has 1 amide bonds. The number of methoxy groups -OCH3 is 1. The first kappa shape index (κ1) is 13.7. The van der Waals surface area contributed by atoms with Crippen molar-refractivity contribution < 1.29 is 13.9 Å². The van der Waals surface area contributed by atoms with Gasteiger partial charge in [0.1, 0.15) is 5.76 Å². The van der Waals surface area contributed by atoms with E-state index in [1.54, 1.807) is 13.4 Å². The van der Waals surface area contributed by atoms with Crippen LogP contribution in [0.15, 0.2) is 22.8 Å². The SMILES string of the molecule is COCC(C)NC(=O)CN[C@H](C)c1ccco1. The van der Waals surface area contributed by atoms with Crippen LogP contribution in [-0.4, -0.2) is 32.2 Å². The lowest BCUT2D eigenvalue weighted by Gasteiger charge is -2.15. The van der Waals surface area contributed by atoms with Gasteiger partial charge in [-0.3, -0.25) is 10.1 Å². The molecule has 1 heterocycles. The van der Waals surface area contributed by atoms with Gasteiger partial charge in [-0.2, -0.15) is 0 Å². The summed E-state index contributed by atoms with van der Waals surface area (Å²) in [6.07, 6.45) is 1.62. The lowest BCUT2D eigenvalue weighted by atomic mass is 10.2. The van der Waals surface area contributed by atoms with Gasteiger partial charge in [-0.05, 0) is 26.0 Å². The normalized spacial score (nSPS) is 14.3. The summed E-state index contributed by atoms with van der Waals surface area (Å²) in [6.45, 7) is 4.62. The predicted octanol–water partition coefficient (Wildman–Crippen LogP) is 1.08. The van der Waals surface area contributed by atoms with E-state index in [0.29, 0.717) is 6.61 Å².